The molecule has 0 aliphatic rings. The molecule has 2 rings (SSSR count). The van der Waals surface area contributed by atoms with Crippen LogP contribution in [0.1, 0.15) is 15.9 Å². The summed E-state index contributed by atoms with van der Waals surface area (Å²) in [7, 11) is 0. The molecule has 0 atom stereocenters. The number of carbonyl (C=O) groups excluding carboxylic acids is 1. The Morgan fingerprint density at radius 1 is 1.39 bits per heavy atom. The van der Waals surface area contributed by atoms with Gasteiger partial charge in [-0.2, -0.15) is 0 Å². The van der Waals surface area contributed by atoms with Crippen molar-refractivity contribution in [2.24, 2.45) is 0 Å². The van der Waals surface area contributed by atoms with Crippen molar-refractivity contribution < 1.29 is 9.18 Å². The predicted octanol–water partition coefficient (Wildman–Crippen LogP) is 2.83. The van der Waals surface area contributed by atoms with Gasteiger partial charge in [0.15, 0.2) is 5.82 Å². The molecule has 0 unspecified atom stereocenters. The number of rotatable bonds is 2. The zero-order valence-electron chi connectivity index (χ0n) is 9.45. The Morgan fingerprint density at radius 2 is 2.17 bits per heavy atom. The van der Waals surface area contributed by atoms with Crippen LogP contribution in [-0.2, 0) is 0 Å². The van der Waals surface area contributed by atoms with Crippen molar-refractivity contribution in [1.82, 2.24) is 9.97 Å². The van der Waals surface area contributed by atoms with Crippen molar-refractivity contribution in [3.8, 4) is 0 Å². The highest BCUT2D eigenvalue weighted by Crippen LogP contribution is 2.13. The fraction of sp³-hybridized carbons (Fsp3) is 0.0833. The normalized spacial score (nSPS) is 10.2. The van der Waals surface area contributed by atoms with Crippen LogP contribution in [0.15, 0.2) is 30.6 Å². The quantitative estimate of drug-likeness (QED) is 0.908. The van der Waals surface area contributed by atoms with Gasteiger partial charge in [-0.15, -0.1) is 0 Å². The maximum atomic E-state index is 13.1. The second-order valence-corrected chi connectivity index (χ2v) is 4.03. The molecular weight excluding hydrogens is 257 g/mol. The van der Waals surface area contributed by atoms with E-state index in [9.17, 15) is 9.18 Å². The van der Waals surface area contributed by atoms with Gasteiger partial charge >= 0.3 is 0 Å². The molecule has 1 amide bonds. The van der Waals surface area contributed by atoms with E-state index in [-0.39, 0.29) is 16.5 Å². The lowest BCUT2D eigenvalue weighted by molar-refractivity contribution is 0.102. The molecule has 0 saturated heterocycles. The summed E-state index contributed by atoms with van der Waals surface area (Å²) in [5, 5.41) is 2.67. The Labute approximate surface area is 108 Å². The first-order chi connectivity index (χ1) is 8.56. The summed E-state index contributed by atoms with van der Waals surface area (Å²) in [5.74, 6) is -0.706. The average molecular weight is 266 g/mol. The maximum Gasteiger partial charge on any atom is 0.257 e. The minimum absolute atomic E-state index is 0.170. The van der Waals surface area contributed by atoms with E-state index in [1.54, 1.807) is 6.92 Å². The maximum absolute atomic E-state index is 13.1. The van der Waals surface area contributed by atoms with E-state index in [1.807, 2.05) is 0 Å². The molecule has 0 spiro atoms. The summed E-state index contributed by atoms with van der Waals surface area (Å²) in [6.45, 7) is 1.72. The Kier molecular flexibility index (Phi) is 3.53. The third-order valence-electron chi connectivity index (χ3n) is 2.29. The van der Waals surface area contributed by atoms with Crippen LogP contribution in [-0.4, -0.2) is 15.9 Å². The predicted molar refractivity (Wildman–Crippen MR) is 66.1 cm³/mol. The van der Waals surface area contributed by atoms with Crippen LogP contribution in [0.3, 0.4) is 0 Å². The summed E-state index contributed by atoms with van der Waals surface area (Å²) in [5.41, 5.74) is 0.917. The smallest absolute Gasteiger partial charge is 0.257 e. The van der Waals surface area contributed by atoms with Crippen LogP contribution < -0.4 is 5.32 Å². The zero-order valence-corrected chi connectivity index (χ0v) is 10.2. The van der Waals surface area contributed by atoms with Gasteiger partial charge in [0.1, 0.15) is 11.0 Å². The number of nitrogens with one attached hydrogen (secondary N) is 1. The third-order valence-corrected chi connectivity index (χ3v) is 2.47. The Bertz CT molecular complexity index is 604. The van der Waals surface area contributed by atoms with Gasteiger partial charge in [-0.3, -0.25) is 9.78 Å². The highest BCUT2D eigenvalue weighted by molar-refractivity contribution is 6.29. The van der Waals surface area contributed by atoms with Crippen molar-refractivity contribution >= 4 is 23.3 Å². The lowest BCUT2D eigenvalue weighted by atomic mass is 10.1. The van der Waals surface area contributed by atoms with Crippen molar-refractivity contribution in [1.29, 1.82) is 0 Å². The topological polar surface area (TPSA) is 54.9 Å². The molecule has 0 fully saturated rings. The average Bonchev–Trinajstić information content (AvgIpc) is 2.32. The van der Waals surface area contributed by atoms with E-state index in [2.05, 4.69) is 15.3 Å². The largest absolute Gasteiger partial charge is 0.305 e. The summed E-state index contributed by atoms with van der Waals surface area (Å²) in [6, 6.07) is 4.00. The van der Waals surface area contributed by atoms with Gasteiger partial charge in [0.25, 0.3) is 5.91 Å². The van der Waals surface area contributed by atoms with E-state index in [1.165, 1.54) is 30.6 Å². The van der Waals surface area contributed by atoms with Gasteiger partial charge in [0.2, 0.25) is 0 Å². The number of amides is 1. The number of aromatic nitrogens is 2. The SMILES string of the molecule is Cc1ccc(F)cc1C(=O)Nc1cncc(Cl)n1. The number of hydrogen-bond donors (Lipinski definition) is 1. The summed E-state index contributed by atoms with van der Waals surface area (Å²) < 4.78 is 13.1. The first-order valence-electron chi connectivity index (χ1n) is 5.11. The molecule has 92 valence electrons. The number of nitrogens with zero attached hydrogens (tertiary/aromatic N) is 2. The molecule has 1 aromatic carbocycles. The monoisotopic (exact) mass is 265 g/mol. The summed E-state index contributed by atoms with van der Waals surface area (Å²) in [6.07, 6.45) is 2.71. The lowest BCUT2D eigenvalue weighted by Gasteiger charge is -2.06. The molecular formula is C12H9ClFN3O. The highest BCUT2D eigenvalue weighted by atomic mass is 35.5. The number of anilines is 1. The van der Waals surface area contributed by atoms with E-state index >= 15 is 0 Å². The third kappa shape index (κ3) is 2.81. The van der Waals surface area contributed by atoms with E-state index in [0.29, 0.717) is 5.56 Å². The van der Waals surface area contributed by atoms with Crippen molar-refractivity contribution in [2.45, 2.75) is 6.92 Å². The number of aryl methyl sites for hydroxylation is 1. The fourth-order valence-electron chi connectivity index (χ4n) is 1.42. The Hall–Kier alpha value is -2.01. The molecule has 0 radical (unpaired) electrons. The molecule has 18 heavy (non-hydrogen) atoms. The minimum Gasteiger partial charge on any atom is -0.305 e. The molecule has 1 heterocycles. The molecule has 1 aromatic heterocycles. The standard InChI is InChI=1S/C12H9ClFN3O/c1-7-2-3-8(14)4-9(7)12(18)17-11-6-15-5-10(13)16-11/h2-6H,1H3,(H,16,17,18). The van der Waals surface area contributed by atoms with Crippen molar-refractivity contribution in [2.75, 3.05) is 5.32 Å². The van der Waals surface area contributed by atoms with Crippen molar-refractivity contribution in [3.63, 3.8) is 0 Å². The van der Waals surface area contributed by atoms with Gasteiger partial charge in [0, 0.05) is 5.56 Å². The molecule has 0 aliphatic carbocycles. The van der Waals surface area contributed by atoms with Gasteiger partial charge in [-0.1, -0.05) is 17.7 Å². The Morgan fingerprint density at radius 3 is 2.89 bits per heavy atom. The molecule has 0 aliphatic heterocycles. The summed E-state index contributed by atoms with van der Waals surface area (Å²) in [4.78, 5) is 19.6. The van der Waals surface area contributed by atoms with Crippen LogP contribution in [0.2, 0.25) is 5.15 Å². The number of hydrogen-bond acceptors (Lipinski definition) is 3. The van der Waals surface area contributed by atoms with Crippen molar-refractivity contribution in [3.05, 3.63) is 52.7 Å². The number of benzene rings is 1. The fourth-order valence-corrected chi connectivity index (χ4v) is 1.57. The second kappa shape index (κ2) is 5.10. The van der Waals surface area contributed by atoms with Gasteiger partial charge < -0.3 is 5.32 Å². The number of carbonyl (C=O) groups is 1. The molecule has 2 aromatic rings. The molecule has 0 saturated carbocycles. The summed E-state index contributed by atoms with van der Waals surface area (Å²) >= 11 is 5.65. The molecule has 0 bridgehead atoms. The van der Waals surface area contributed by atoms with Crippen LogP contribution in [0, 0.1) is 12.7 Å². The Balaban J connectivity index is 2.24. The first kappa shape index (κ1) is 12.4. The highest BCUT2D eigenvalue weighted by Gasteiger charge is 2.11. The number of halogens is 2. The van der Waals surface area contributed by atoms with Crippen LogP contribution >= 0.6 is 11.6 Å². The molecule has 6 heteroatoms. The van der Waals surface area contributed by atoms with E-state index < -0.39 is 11.7 Å². The van der Waals surface area contributed by atoms with Gasteiger partial charge in [-0.05, 0) is 24.6 Å². The van der Waals surface area contributed by atoms with Crippen LogP contribution in [0.25, 0.3) is 0 Å². The van der Waals surface area contributed by atoms with E-state index in [4.69, 9.17) is 11.6 Å². The zero-order chi connectivity index (χ0) is 13.1. The first-order valence-corrected chi connectivity index (χ1v) is 5.49. The van der Waals surface area contributed by atoms with Crippen LogP contribution in [0.5, 0.6) is 0 Å². The van der Waals surface area contributed by atoms with E-state index in [0.717, 1.165) is 0 Å². The van der Waals surface area contributed by atoms with Gasteiger partial charge in [0.05, 0.1) is 12.4 Å². The molecule has 4 nitrogen and oxygen atoms in total. The van der Waals surface area contributed by atoms with Gasteiger partial charge in [-0.25, -0.2) is 9.37 Å². The molecule has 1 N–H and O–H groups in total. The lowest BCUT2D eigenvalue weighted by Crippen LogP contribution is -2.14. The second-order valence-electron chi connectivity index (χ2n) is 3.64. The van der Waals surface area contributed by atoms with Crippen LogP contribution in [0.4, 0.5) is 10.2 Å². The minimum atomic E-state index is -0.470.